The lowest BCUT2D eigenvalue weighted by molar-refractivity contribution is -0.149. The average molecular weight is 914 g/mol. The molecule has 3 heterocycles. The van der Waals surface area contributed by atoms with E-state index in [0.29, 0.717) is 35.6 Å². The minimum absolute atomic E-state index is 0.0642. The molecule has 3 aromatic heterocycles. The van der Waals surface area contributed by atoms with Crippen molar-refractivity contribution in [2.45, 2.75) is 233 Å². The first-order chi connectivity index (χ1) is 32.2. The van der Waals surface area contributed by atoms with Crippen LogP contribution in [0.2, 0.25) is 0 Å². The predicted octanol–water partition coefficient (Wildman–Crippen LogP) is 14.8. The van der Waals surface area contributed by atoms with Crippen LogP contribution in [0.25, 0.3) is 0 Å². The van der Waals surface area contributed by atoms with Crippen LogP contribution in [0.3, 0.4) is 0 Å². The summed E-state index contributed by atoms with van der Waals surface area (Å²) < 4.78 is 22.3. The lowest BCUT2D eigenvalue weighted by atomic mass is 10.0. The summed E-state index contributed by atoms with van der Waals surface area (Å²) in [5.74, 6) is -1.97. The van der Waals surface area contributed by atoms with E-state index in [-0.39, 0.29) is 36.5 Å². The molecule has 0 radical (unpaired) electrons. The summed E-state index contributed by atoms with van der Waals surface area (Å²) in [6.07, 6.45) is 32.0. The van der Waals surface area contributed by atoms with Gasteiger partial charge in [0.2, 0.25) is 0 Å². The third-order valence-corrected chi connectivity index (χ3v) is 11.9. The van der Waals surface area contributed by atoms with Gasteiger partial charge in [-0.2, -0.15) is 0 Å². The zero-order valence-corrected chi connectivity index (χ0v) is 41.2. The van der Waals surface area contributed by atoms with E-state index in [9.17, 15) is 19.2 Å². The molecular formula is C55H83N3O8. The Labute approximate surface area is 397 Å². The van der Waals surface area contributed by atoms with Crippen molar-refractivity contribution >= 4 is 23.9 Å². The molecule has 0 aliphatic heterocycles. The van der Waals surface area contributed by atoms with Crippen LogP contribution in [-0.2, 0) is 41.8 Å². The summed E-state index contributed by atoms with van der Waals surface area (Å²) in [7, 11) is 0. The maximum Gasteiger partial charge on any atom is 0.357 e. The highest BCUT2D eigenvalue weighted by Crippen LogP contribution is 2.20. The molecule has 0 bridgehead atoms. The molecule has 0 aliphatic rings. The zero-order chi connectivity index (χ0) is 47.5. The molecular weight excluding hydrogens is 831 g/mol. The number of nitrogens with zero attached hydrogens (tertiary/aromatic N) is 3. The van der Waals surface area contributed by atoms with E-state index in [1.54, 1.807) is 50.2 Å². The van der Waals surface area contributed by atoms with Gasteiger partial charge in [0.05, 0.1) is 22.8 Å². The molecule has 11 nitrogen and oxygen atoms in total. The summed E-state index contributed by atoms with van der Waals surface area (Å²) in [4.78, 5) is 64.3. The van der Waals surface area contributed by atoms with E-state index in [1.807, 2.05) is 0 Å². The third kappa shape index (κ3) is 25.3. The van der Waals surface area contributed by atoms with E-state index in [1.165, 1.54) is 147 Å². The molecule has 0 saturated heterocycles. The van der Waals surface area contributed by atoms with Crippen molar-refractivity contribution in [3.05, 3.63) is 88.8 Å². The summed E-state index contributed by atoms with van der Waals surface area (Å²) in [6.45, 7) is 7.78. The Morgan fingerprint density at radius 3 is 1.05 bits per heavy atom. The SMILES string of the molecule is CCCCCCCCCCCCCCCC(=O)OC(C)c1cccc(COC(=O)c2cccc(C(=O)OCc3cccc(C(C)OC(=O)CCCCCCCCCCCCCCC)n3)n2)n1. The second kappa shape index (κ2) is 35.5. The molecule has 0 spiro atoms. The number of esters is 4. The lowest BCUT2D eigenvalue weighted by Gasteiger charge is -2.14. The molecule has 366 valence electrons. The van der Waals surface area contributed by atoms with Crippen molar-refractivity contribution in [1.29, 1.82) is 0 Å². The molecule has 3 rings (SSSR count). The van der Waals surface area contributed by atoms with Crippen LogP contribution in [0, 0.1) is 0 Å². The van der Waals surface area contributed by atoms with E-state index in [0.717, 1.165) is 38.5 Å². The Balaban J connectivity index is 1.31. The van der Waals surface area contributed by atoms with Crippen molar-refractivity contribution in [1.82, 2.24) is 15.0 Å². The van der Waals surface area contributed by atoms with E-state index in [4.69, 9.17) is 18.9 Å². The fourth-order valence-electron chi connectivity index (χ4n) is 7.91. The van der Waals surface area contributed by atoms with Gasteiger partial charge in [0.15, 0.2) is 0 Å². The maximum atomic E-state index is 13.0. The highest BCUT2D eigenvalue weighted by Gasteiger charge is 2.18. The summed E-state index contributed by atoms with van der Waals surface area (Å²) in [5.41, 5.74) is 1.94. The highest BCUT2D eigenvalue weighted by atomic mass is 16.6. The quantitative estimate of drug-likeness (QED) is 0.0308. The molecule has 0 N–H and O–H groups in total. The van der Waals surface area contributed by atoms with Gasteiger partial charge in [0.25, 0.3) is 0 Å². The molecule has 0 aromatic carbocycles. The van der Waals surface area contributed by atoms with Gasteiger partial charge in [-0.15, -0.1) is 0 Å². The number of carbonyl (C=O) groups is 4. The zero-order valence-electron chi connectivity index (χ0n) is 41.2. The average Bonchev–Trinajstić information content (AvgIpc) is 3.33. The Bertz CT molecular complexity index is 1680. The van der Waals surface area contributed by atoms with E-state index in [2.05, 4.69) is 28.8 Å². The van der Waals surface area contributed by atoms with Gasteiger partial charge in [-0.3, -0.25) is 19.6 Å². The van der Waals surface area contributed by atoms with Gasteiger partial charge in [0.1, 0.15) is 36.8 Å². The van der Waals surface area contributed by atoms with Gasteiger partial charge in [-0.05, 0) is 63.1 Å². The highest BCUT2D eigenvalue weighted by molar-refractivity contribution is 5.91. The molecule has 2 atom stereocenters. The number of aromatic nitrogens is 3. The van der Waals surface area contributed by atoms with Crippen molar-refractivity contribution in [2.75, 3.05) is 0 Å². The van der Waals surface area contributed by atoms with Crippen LogP contribution >= 0.6 is 0 Å². The third-order valence-electron chi connectivity index (χ3n) is 11.9. The Morgan fingerprint density at radius 2 is 0.712 bits per heavy atom. The van der Waals surface area contributed by atoms with Crippen LogP contribution in [-0.4, -0.2) is 38.8 Å². The van der Waals surface area contributed by atoms with Crippen LogP contribution in [0.5, 0.6) is 0 Å². The van der Waals surface area contributed by atoms with Crippen LogP contribution < -0.4 is 0 Å². The number of hydrogen-bond acceptors (Lipinski definition) is 11. The smallest absolute Gasteiger partial charge is 0.357 e. The summed E-state index contributed by atoms with van der Waals surface area (Å²) in [5, 5.41) is 0. The minimum atomic E-state index is -0.735. The first-order valence-corrected chi connectivity index (χ1v) is 25.8. The van der Waals surface area contributed by atoms with Gasteiger partial charge >= 0.3 is 23.9 Å². The van der Waals surface area contributed by atoms with Crippen molar-refractivity contribution < 1.29 is 38.1 Å². The fraction of sp³-hybridized carbons (Fsp3) is 0.655. The van der Waals surface area contributed by atoms with Crippen molar-refractivity contribution in [3.63, 3.8) is 0 Å². The fourth-order valence-corrected chi connectivity index (χ4v) is 7.91. The van der Waals surface area contributed by atoms with Crippen LogP contribution in [0.15, 0.2) is 54.6 Å². The molecule has 11 heteroatoms. The number of ether oxygens (including phenoxy) is 4. The van der Waals surface area contributed by atoms with Gasteiger partial charge < -0.3 is 18.9 Å². The Morgan fingerprint density at radius 1 is 0.409 bits per heavy atom. The number of pyridine rings is 3. The molecule has 0 fully saturated rings. The molecule has 0 aliphatic carbocycles. The summed E-state index contributed by atoms with van der Waals surface area (Å²) in [6, 6.07) is 15.0. The first-order valence-electron chi connectivity index (χ1n) is 25.8. The molecule has 0 amide bonds. The van der Waals surface area contributed by atoms with Gasteiger partial charge in [-0.25, -0.2) is 14.6 Å². The minimum Gasteiger partial charge on any atom is -0.456 e. The largest absolute Gasteiger partial charge is 0.456 e. The second-order valence-electron chi connectivity index (χ2n) is 17.9. The van der Waals surface area contributed by atoms with Crippen LogP contribution in [0.1, 0.15) is 263 Å². The lowest BCUT2D eigenvalue weighted by Crippen LogP contribution is -2.14. The Kier molecular flexibility index (Phi) is 29.9. The summed E-state index contributed by atoms with van der Waals surface area (Å²) >= 11 is 0. The topological polar surface area (TPSA) is 144 Å². The van der Waals surface area contributed by atoms with Crippen molar-refractivity contribution in [2.24, 2.45) is 0 Å². The van der Waals surface area contributed by atoms with Gasteiger partial charge in [0, 0.05) is 12.8 Å². The standard InChI is InChI=1S/C55H83N3O8/c1-5-7-9-11-13-15-17-19-21-23-25-27-29-40-52(59)65-44(3)48-36-31-34-46(56-48)42-63-54(61)50-38-33-39-51(58-50)55(62)64-43-47-35-32-37-49(57-47)45(4)66-53(60)41-30-28-26-24-22-20-18-16-14-12-10-8-6-2/h31-39,44-45H,5-30,40-43H2,1-4H3. The molecule has 2 unspecified atom stereocenters. The first kappa shape index (κ1) is 55.7. The monoisotopic (exact) mass is 914 g/mol. The van der Waals surface area contributed by atoms with E-state index >= 15 is 0 Å². The molecule has 3 aromatic rings. The molecule has 66 heavy (non-hydrogen) atoms. The molecule has 0 saturated carbocycles. The normalized spacial score (nSPS) is 12.1. The Hall–Kier alpha value is -4.67. The number of hydrogen-bond donors (Lipinski definition) is 0. The number of unbranched alkanes of at least 4 members (excludes halogenated alkanes) is 24. The van der Waals surface area contributed by atoms with E-state index < -0.39 is 24.1 Å². The van der Waals surface area contributed by atoms with Gasteiger partial charge in [-0.1, -0.05) is 186 Å². The number of carbonyl (C=O) groups excluding carboxylic acids is 4. The second-order valence-corrected chi connectivity index (χ2v) is 17.9. The predicted molar refractivity (Wildman–Crippen MR) is 261 cm³/mol. The van der Waals surface area contributed by atoms with Crippen LogP contribution in [0.4, 0.5) is 0 Å². The van der Waals surface area contributed by atoms with Crippen molar-refractivity contribution in [3.8, 4) is 0 Å². The number of rotatable bonds is 38. The maximum absolute atomic E-state index is 13.0.